The number of carbonyl (C=O) groups excluding carboxylic acids is 2. The van der Waals surface area contributed by atoms with Crippen LogP contribution in [0, 0.1) is 5.92 Å². The van der Waals surface area contributed by atoms with E-state index in [2.05, 4.69) is 4.74 Å². The van der Waals surface area contributed by atoms with Crippen LogP contribution in [0.3, 0.4) is 0 Å². The first-order valence-corrected chi connectivity index (χ1v) is 10.3. The summed E-state index contributed by atoms with van der Waals surface area (Å²) in [6.07, 6.45) is 2.47. The first-order chi connectivity index (χ1) is 12.3. The molecule has 1 aromatic rings. The fraction of sp³-hybridized carbons (Fsp3) is 0.556. The van der Waals surface area contributed by atoms with Gasteiger partial charge in [0.05, 0.1) is 17.9 Å². The molecule has 0 saturated carbocycles. The number of fused-ring (bicyclic) bond motifs is 1. The predicted molar refractivity (Wildman–Crippen MR) is 96.3 cm³/mol. The number of methoxy groups -OCH3 is 1. The molecule has 2 aliphatic rings. The van der Waals surface area contributed by atoms with Crippen molar-refractivity contribution in [3.8, 4) is 0 Å². The van der Waals surface area contributed by atoms with E-state index in [0.717, 1.165) is 18.4 Å². The molecule has 1 amide bonds. The zero-order valence-electron chi connectivity index (χ0n) is 15.1. The summed E-state index contributed by atoms with van der Waals surface area (Å²) in [4.78, 5) is 26.0. The highest BCUT2D eigenvalue weighted by Crippen LogP contribution is 2.33. The number of hydrogen-bond donors (Lipinski definition) is 0. The summed E-state index contributed by atoms with van der Waals surface area (Å²) in [5, 5.41) is 0. The minimum absolute atomic E-state index is 0.0369. The van der Waals surface area contributed by atoms with Crippen LogP contribution < -0.4 is 4.90 Å². The van der Waals surface area contributed by atoms with Crippen molar-refractivity contribution in [3.05, 3.63) is 23.8 Å². The summed E-state index contributed by atoms with van der Waals surface area (Å²) < 4.78 is 31.7. The first kappa shape index (κ1) is 18.8. The molecule has 0 N–H and O–H groups in total. The number of sulfonamides is 1. The van der Waals surface area contributed by atoms with Gasteiger partial charge in [0.15, 0.2) is 0 Å². The quantitative estimate of drug-likeness (QED) is 0.724. The summed E-state index contributed by atoms with van der Waals surface area (Å²) >= 11 is 0. The Kier molecular flexibility index (Phi) is 5.34. The number of amides is 1. The van der Waals surface area contributed by atoms with Crippen LogP contribution in [0.15, 0.2) is 23.1 Å². The van der Waals surface area contributed by atoms with Crippen LogP contribution in [0.4, 0.5) is 5.69 Å². The van der Waals surface area contributed by atoms with Crippen molar-refractivity contribution in [1.29, 1.82) is 0 Å². The molecule has 2 heterocycles. The van der Waals surface area contributed by atoms with Crippen molar-refractivity contribution in [1.82, 2.24) is 4.31 Å². The zero-order valence-corrected chi connectivity index (χ0v) is 15.9. The summed E-state index contributed by atoms with van der Waals surface area (Å²) in [7, 11) is -2.23. The fourth-order valence-electron chi connectivity index (χ4n) is 3.51. The van der Waals surface area contributed by atoms with Crippen molar-refractivity contribution >= 4 is 27.6 Å². The molecule has 0 bridgehead atoms. The molecule has 1 saturated heterocycles. The van der Waals surface area contributed by atoms with Gasteiger partial charge in [0.1, 0.15) is 0 Å². The van der Waals surface area contributed by atoms with Gasteiger partial charge >= 0.3 is 5.97 Å². The Morgan fingerprint density at radius 1 is 1.19 bits per heavy atom. The van der Waals surface area contributed by atoms with Gasteiger partial charge in [-0.25, -0.2) is 8.42 Å². The highest BCUT2D eigenvalue weighted by molar-refractivity contribution is 7.89. The minimum Gasteiger partial charge on any atom is -0.469 e. The van der Waals surface area contributed by atoms with E-state index in [1.807, 2.05) is 0 Å². The monoisotopic (exact) mass is 380 g/mol. The molecule has 0 aliphatic carbocycles. The molecule has 0 radical (unpaired) electrons. The number of carbonyl (C=O) groups is 2. The lowest BCUT2D eigenvalue weighted by Gasteiger charge is -2.21. The second-order valence-electron chi connectivity index (χ2n) is 6.83. The highest BCUT2D eigenvalue weighted by atomic mass is 32.2. The van der Waals surface area contributed by atoms with Gasteiger partial charge in [-0.2, -0.15) is 4.31 Å². The van der Waals surface area contributed by atoms with Gasteiger partial charge < -0.3 is 9.64 Å². The van der Waals surface area contributed by atoms with Crippen LogP contribution in [0.5, 0.6) is 0 Å². The standard InChI is InChI=1S/C18H24N2O5S/c1-13(18(22)25-2)11-17(21)20-10-7-14-5-6-15(12-16(14)20)26(23,24)19-8-3-4-9-19/h5-6,12-13H,3-4,7-11H2,1-2H3. The highest BCUT2D eigenvalue weighted by Gasteiger charge is 2.31. The van der Waals surface area contributed by atoms with Crippen molar-refractivity contribution < 1.29 is 22.7 Å². The molecule has 1 unspecified atom stereocenters. The molecule has 3 rings (SSSR count). The van der Waals surface area contributed by atoms with Gasteiger partial charge in [-0.05, 0) is 37.0 Å². The van der Waals surface area contributed by atoms with Crippen molar-refractivity contribution in [2.75, 3.05) is 31.6 Å². The van der Waals surface area contributed by atoms with E-state index in [1.165, 1.54) is 11.4 Å². The molecule has 7 nitrogen and oxygen atoms in total. The van der Waals surface area contributed by atoms with Crippen LogP contribution in [-0.4, -0.2) is 51.3 Å². The summed E-state index contributed by atoms with van der Waals surface area (Å²) in [6, 6.07) is 5.00. The summed E-state index contributed by atoms with van der Waals surface area (Å²) in [5.41, 5.74) is 1.58. The van der Waals surface area contributed by atoms with Gasteiger partial charge in [0, 0.05) is 31.7 Å². The van der Waals surface area contributed by atoms with E-state index < -0.39 is 21.9 Å². The third kappa shape index (κ3) is 3.48. The minimum atomic E-state index is -3.53. The fourth-order valence-corrected chi connectivity index (χ4v) is 5.05. The third-order valence-electron chi connectivity index (χ3n) is 5.04. The van der Waals surface area contributed by atoms with Gasteiger partial charge in [-0.1, -0.05) is 13.0 Å². The van der Waals surface area contributed by atoms with Crippen molar-refractivity contribution in [3.63, 3.8) is 0 Å². The Morgan fingerprint density at radius 3 is 2.54 bits per heavy atom. The van der Waals surface area contributed by atoms with Crippen LogP contribution in [0.25, 0.3) is 0 Å². The number of hydrogen-bond acceptors (Lipinski definition) is 5. The number of benzene rings is 1. The molecule has 2 aliphatic heterocycles. The largest absolute Gasteiger partial charge is 0.469 e. The lowest BCUT2D eigenvalue weighted by molar-refractivity contribution is -0.146. The van der Waals surface area contributed by atoms with Gasteiger partial charge in [0.25, 0.3) is 0 Å². The summed E-state index contributed by atoms with van der Waals surface area (Å²) in [6.45, 7) is 3.22. The molecule has 1 aromatic carbocycles. The lowest BCUT2D eigenvalue weighted by Crippen LogP contribution is -2.32. The Hall–Kier alpha value is -1.93. The molecular weight excluding hydrogens is 356 g/mol. The van der Waals surface area contributed by atoms with Crippen LogP contribution >= 0.6 is 0 Å². The maximum atomic E-state index is 12.8. The third-order valence-corrected chi connectivity index (χ3v) is 6.94. The van der Waals surface area contributed by atoms with Crippen LogP contribution in [0.2, 0.25) is 0 Å². The van der Waals surface area contributed by atoms with Crippen LogP contribution in [-0.2, 0) is 30.8 Å². The molecular formula is C18H24N2O5S. The van der Waals surface area contributed by atoms with Gasteiger partial charge in [-0.15, -0.1) is 0 Å². The predicted octanol–water partition coefficient (Wildman–Crippen LogP) is 1.56. The molecule has 8 heteroatoms. The lowest BCUT2D eigenvalue weighted by atomic mass is 10.1. The van der Waals surface area contributed by atoms with E-state index in [-0.39, 0.29) is 17.2 Å². The average molecular weight is 380 g/mol. The maximum Gasteiger partial charge on any atom is 0.308 e. The van der Waals surface area contributed by atoms with Gasteiger partial charge in [-0.3, -0.25) is 9.59 Å². The van der Waals surface area contributed by atoms with E-state index in [4.69, 9.17) is 0 Å². The number of rotatable bonds is 5. The zero-order chi connectivity index (χ0) is 18.9. The molecule has 26 heavy (non-hydrogen) atoms. The average Bonchev–Trinajstić information content (AvgIpc) is 3.30. The Bertz CT molecular complexity index is 815. The molecule has 1 atom stereocenters. The van der Waals surface area contributed by atoms with Crippen LogP contribution in [0.1, 0.15) is 31.7 Å². The van der Waals surface area contributed by atoms with Gasteiger partial charge in [0.2, 0.25) is 15.9 Å². The molecule has 1 fully saturated rings. The number of esters is 1. The normalized spacial score (nSPS) is 18.6. The Morgan fingerprint density at radius 2 is 1.88 bits per heavy atom. The molecule has 0 aromatic heterocycles. The summed E-state index contributed by atoms with van der Waals surface area (Å²) in [5.74, 6) is -1.16. The molecule has 142 valence electrons. The SMILES string of the molecule is COC(=O)C(C)CC(=O)N1CCc2ccc(S(=O)(=O)N3CCCC3)cc21. The van der Waals surface area contributed by atoms with Crippen molar-refractivity contribution in [2.24, 2.45) is 5.92 Å². The first-order valence-electron chi connectivity index (χ1n) is 8.86. The van der Waals surface area contributed by atoms with E-state index in [9.17, 15) is 18.0 Å². The number of ether oxygens (including phenoxy) is 1. The molecule has 0 spiro atoms. The Labute approximate surface area is 154 Å². The number of anilines is 1. The smallest absolute Gasteiger partial charge is 0.308 e. The van der Waals surface area contributed by atoms with E-state index in [1.54, 1.807) is 30.0 Å². The van der Waals surface area contributed by atoms with E-state index >= 15 is 0 Å². The Balaban J connectivity index is 1.83. The van der Waals surface area contributed by atoms with E-state index in [0.29, 0.717) is 31.7 Å². The second kappa shape index (κ2) is 7.36. The topological polar surface area (TPSA) is 84.0 Å². The second-order valence-corrected chi connectivity index (χ2v) is 8.76. The number of nitrogens with zero attached hydrogens (tertiary/aromatic N) is 2. The van der Waals surface area contributed by atoms with Crippen molar-refractivity contribution in [2.45, 2.75) is 37.5 Å². The maximum absolute atomic E-state index is 12.8.